The number of hydrogen-bond donors (Lipinski definition) is 0. The van der Waals surface area contributed by atoms with E-state index in [4.69, 9.17) is 0 Å². The molecule has 6 nitrogen and oxygen atoms in total. The fourth-order valence-corrected chi connectivity index (χ4v) is 5.20. The second-order valence-corrected chi connectivity index (χ2v) is 8.81. The van der Waals surface area contributed by atoms with Crippen LogP contribution in [-0.2, 0) is 14.4 Å². The third kappa shape index (κ3) is 4.87. The van der Waals surface area contributed by atoms with Gasteiger partial charge in [-0.2, -0.15) is 0 Å². The summed E-state index contributed by atoms with van der Waals surface area (Å²) < 4.78 is 0. The number of hydrogen-bond acceptors (Lipinski definition) is 3. The summed E-state index contributed by atoms with van der Waals surface area (Å²) in [5.41, 5.74) is 0. The van der Waals surface area contributed by atoms with Crippen LogP contribution in [0, 0.1) is 11.8 Å². The van der Waals surface area contributed by atoms with Crippen molar-refractivity contribution >= 4 is 17.7 Å². The molecule has 28 heavy (non-hydrogen) atoms. The van der Waals surface area contributed by atoms with E-state index in [-0.39, 0.29) is 29.7 Å². The number of rotatable bonds is 7. The number of amides is 3. The first-order valence-corrected chi connectivity index (χ1v) is 11.4. The Bertz CT molecular complexity index is 561. The van der Waals surface area contributed by atoms with Crippen LogP contribution in [0.1, 0.15) is 71.6 Å². The van der Waals surface area contributed by atoms with Crippen molar-refractivity contribution in [3.8, 4) is 0 Å². The van der Waals surface area contributed by atoms with E-state index >= 15 is 0 Å². The van der Waals surface area contributed by atoms with Gasteiger partial charge in [-0.1, -0.05) is 39.5 Å². The second-order valence-electron chi connectivity index (χ2n) is 8.81. The zero-order valence-corrected chi connectivity index (χ0v) is 17.7. The van der Waals surface area contributed by atoms with Crippen LogP contribution in [0.25, 0.3) is 0 Å². The number of likely N-dealkylation sites (tertiary alicyclic amines) is 1. The zero-order valence-electron chi connectivity index (χ0n) is 17.7. The summed E-state index contributed by atoms with van der Waals surface area (Å²) in [5.74, 6) is 0.991. The molecule has 1 saturated carbocycles. The fourth-order valence-electron chi connectivity index (χ4n) is 5.20. The molecule has 0 spiro atoms. The van der Waals surface area contributed by atoms with Gasteiger partial charge in [-0.15, -0.1) is 0 Å². The molecule has 1 unspecified atom stereocenters. The van der Waals surface area contributed by atoms with E-state index in [1.165, 1.54) is 25.7 Å². The smallest absolute Gasteiger partial charge is 0.228 e. The van der Waals surface area contributed by atoms with E-state index in [1.807, 2.05) is 14.7 Å². The third-order valence-electron chi connectivity index (χ3n) is 7.08. The Morgan fingerprint density at radius 2 is 1.61 bits per heavy atom. The normalized spacial score (nSPS) is 23.9. The molecule has 2 saturated heterocycles. The van der Waals surface area contributed by atoms with Crippen molar-refractivity contribution < 1.29 is 14.4 Å². The molecule has 0 N–H and O–H groups in total. The highest BCUT2D eigenvalue weighted by Gasteiger charge is 2.39. The van der Waals surface area contributed by atoms with E-state index in [0.717, 1.165) is 25.2 Å². The maximum atomic E-state index is 12.9. The molecule has 158 valence electrons. The van der Waals surface area contributed by atoms with E-state index in [0.29, 0.717) is 45.6 Å². The predicted molar refractivity (Wildman–Crippen MR) is 109 cm³/mol. The molecule has 0 aromatic heterocycles. The van der Waals surface area contributed by atoms with E-state index in [1.54, 1.807) is 0 Å². The van der Waals surface area contributed by atoms with Gasteiger partial charge in [0.2, 0.25) is 17.7 Å². The summed E-state index contributed by atoms with van der Waals surface area (Å²) in [7, 11) is 0. The lowest BCUT2D eigenvalue weighted by atomic mass is 10.0. The number of carbonyl (C=O) groups is 3. The fraction of sp³-hybridized carbons (Fsp3) is 0.864. The average Bonchev–Trinajstić information content (AvgIpc) is 3.37. The van der Waals surface area contributed by atoms with Crippen molar-refractivity contribution in [2.75, 3.05) is 32.7 Å². The van der Waals surface area contributed by atoms with Crippen molar-refractivity contribution in [1.82, 2.24) is 14.7 Å². The van der Waals surface area contributed by atoms with Gasteiger partial charge in [-0.25, -0.2) is 0 Å². The molecule has 0 aromatic carbocycles. The maximum absolute atomic E-state index is 12.9. The van der Waals surface area contributed by atoms with E-state index in [2.05, 4.69) is 13.8 Å². The van der Waals surface area contributed by atoms with Crippen molar-refractivity contribution in [2.45, 2.75) is 77.7 Å². The maximum Gasteiger partial charge on any atom is 0.228 e. The minimum atomic E-state index is -0.210. The highest BCUT2D eigenvalue weighted by Crippen LogP contribution is 2.29. The van der Waals surface area contributed by atoms with Crippen molar-refractivity contribution in [3.63, 3.8) is 0 Å². The van der Waals surface area contributed by atoms with Gasteiger partial charge in [0.25, 0.3) is 0 Å². The van der Waals surface area contributed by atoms with Crippen molar-refractivity contribution in [3.05, 3.63) is 0 Å². The third-order valence-corrected chi connectivity index (χ3v) is 7.08. The van der Waals surface area contributed by atoms with Gasteiger partial charge in [-0.05, 0) is 25.2 Å². The first kappa shape index (κ1) is 21.1. The van der Waals surface area contributed by atoms with Crippen LogP contribution >= 0.6 is 0 Å². The summed E-state index contributed by atoms with van der Waals surface area (Å²) in [4.78, 5) is 43.5. The van der Waals surface area contributed by atoms with E-state index < -0.39 is 0 Å². The van der Waals surface area contributed by atoms with Crippen LogP contribution in [0.5, 0.6) is 0 Å². The van der Waals surface area contributed by atoms with Crippen molar-refractivity contribution in [1.29, 1.82) is 0 Å². The Morgan fingerprint density at radius 1 is 1.00 bits per heavy atom. The lowest BCUT2D eigenvalue weighted by Crippen LogP contribution is -2.52. The molecule has 3 aliphatic rings. The summed E-state index contributed by atoms with van der Waals surface area (Å²) in [6, 6.07) is 0.250. The molecule has 3 rings (SSSR count). The van der Waals surface area contributed by atoms with Gasteiger partial charge in [-0.3, -0.25) is 14.4 Å². The van der Waals surface area contributed by atoms with Gasteiger partial charge in [0.15, 0.2) is 0 Å². The minimum absolute atomic E-state index is 0.0971. The number of piperazine rings is 1. The number of nitrogens with zero attached hydrogens (tertiary/aromatic N) is 3. The lowest BCUT2D eigenvalue weighted by molar-refractivity contribution is -0.142. The van der Waals surface area contributed by atoms with Crippen LogP contribution < -0.4 is 0 Å². The van der Waals surface area contributed by atoms with Crippen LogP contribution in [-0.4, -0.2) is 71.2 Å². The minimum Gasteiger partial charge on any atom is -0.339 e. The molecule has 1 atom stereocenters. The summed E-state index contributed by atoms with van der Waals surface area (Å²) >= 11 is 0. The van der Waals surface area contributed by atoms with Crippen LogP contribution in [0.3, 0.4) is 0 Å². The molecular formula is C22H37N3O3. The second kappa shape index (κ2) is 9.75. The Kier molecular flexibility index (Phi) is 7.36. The molecule has 3 amide bonds. The van der Waals surface area contributed by atoms with Gasteiger partial charge in [0.1, 0.15) is 0 Å². The number of carbonyl (C=O) groups excluding carboxylic acids is 3. The Labute approximate surface area is 169 Å². The van der Waals surface area contributed by atoms with E-state index in [9.17, 15) is 14.4 Å². The van der Waals surface area contributed by atoms with Gasteiger partial charge < -0.3 is 14.7 Å². The summed E-state index contributed by atoms with van der Waals surface area (Å²) in [6.45, 7) is 7.22. The first-order valence-electron chi connectivity index (χ1n) is 11.4. The molecular weight excluding hydrogens is 354 g/mol. The monoisotopic (exact) mass is 391 g/mol. The molecule has 3 fully saturated rings. The quantitative estimate of drug-likeness (QED) is 0.670. The Morgan fingerprint density at radius 3 is 2.21 bits per heavy atom. The Balaban J connectivity index is 1.43. The van der Waals surface area contributed by atoms with Gasteiger partial charge in [0.05, 0.1) is 5.92 Å². The van der Waals surface area contributed by atoms with Gasteiger partial charge in [0, 0.05) is 51.6 Å². The molecule has 1 aliphatic carbocycles. The summed E-state index contributed by atoms with van der Waals surface area (Å²) in [6.07, 6.45) is 9.09. The summed E-state index contributed by atoms with van der Waals surface area (Å²) in [5, 5.41) is 0. The highest BCUT2D eigenvalue weighted by atomic mass is 16.2. The largest absolute Gasteiger partial charge is 0.339 e. The molecule has 0 bridgehead atoms. The van der Waals surface area contributed by atoms with Crippen molar-refractivity contribution in [2.24, 2.45) is 11.8 Å². The lowest BCUT2D eigenvalue weighted by Gasteiger charge is -2.36. The SMILES string of the molecule is CCC(CC)N1CC(C(=O)N2CCN(C(=O)CCC3CCCC3)CC2)CC1=O. The Hall–Kier alpha value is -1.59. The standard InChI is InChI=1S/C22H37N3O3/c1-3-19(4-2)25-16-18(15-21(25)27)22(28)24-13-11-23(12-14-24)20(26)10-9-17-7-5-6-8-17/h17-19H,3-16H2,1-2H3. The molecule has 6 heteroatoms. The molecule has 2 heterocycles. The first-order chi connectivity index (χ1) is 13.5. The van der Waals surface area contributed by atoms with Crippen LogP contribution in [0.4, 0.5) is 0 Å². The molecule has 0 aromatic rings. The molecule has 0 radical (unpaired) electrons. The molecule has 2 aliphatic heterocycles. The van der Waals surface area contributed by atoms with Crippen LogP contribution in [0.15, 0.2) is 0 Å². The topological polar surface area (TPSA) is 60.9 Å². The predicted octanol–water partition coefficient (Wildman–Crippen LogP) is 2.66. The average molecular weight is 392 g/mol. The zero-order chi connectivity index (χ0) is 20.1. The van der Waals surface area contributed by atoms with Gasteiger partial charge >= 0.3 is 0 Å². The van der Waals surface area contributed by atoms with Crippen LogP contribution in [0.2, 0.25) is 0 Å². The highest BCUT2D eigenvalue weighted by molar-refractivity contribution is 5.89.